The molecule has 110 valence electrons. The molecule has 0 spiro atoms. The third-order valence-corrected chi connectivity index (χ3v) is 3.66. The van der Waals surface area contributed by atoms with E-state index in [4.69, 9.17) is 5.11 Å². The first-order valence-electron chi connectivity index (χ1n) is 6.45. The molecule has 5 nitrogen and oxygen atoms in total. The van der Waals surface area contributed by atoms with Crippen LogP contribution < -0.4 is 10.6 Å². The Morgan fingerprint density at radius 2 is 1.90 bits per heavy atom. The maximum Gasteiger partial charge on any atom is 0.326 e. The van der Waals surface area contributed by atoms with Gasteiger partial charge in [-0.25, -0.2) is 9.59 Å². The van der Waals surface area contributed by atoms with Crippen LogP contribution in [0.25, 0.3) is 0 Å². The number of hydrogen-bond acceptors (Lipinski definition) is 2. The molecule has 6 heteroatoms. The predicted octanol–water partition coefficient (Wildman–Crippen LogP) is 2.75. The second-order valence-electron chi connectivity index (χ2n) is 4.65. The first kappa shape index (κ1) is 16.5. The van der Waals surface area contributed by atoms with Crippen molar-refractivity contribution >= 4 is 27.9 Å². The lowest BCUT2D eigenvalue weighted by Crippen LogP contribution is -2.48. The van der Waals surface area contributed by atoms with Gasteiger partial charge in [0.2, 0.25) is 0 Å². The quantitative estimate of drug-likeness (QED) is 0.743. The number of benzene rings is 1. The van der Waals surface area contributed by atoms with E-state index in [1.54, 1.807) is 6.92 Å². The Morgan fingerprint density at radius 1 is 1.30 bits per heavy atom. The fourth-order valence-electron chi connectivity index (χ4n) is 1.66. The number of hydrogen-bond donors (Lipinski definition) is 3. The maximum absolute atomic E-state index is 11.7. The van der Waals surface area contributed by atoms with Gasteiger partial charge >= 0.3 is 12.0 Å². The Labute approximate surface area is 126 Å². The molecule has 1 aromatic carbocycles. The first-order chi connectivity index (χ1) is 9.43. The number of carbonyl (C=O) groups excluding carboxylic acids is 1. The molecule has 1 rings (SSSR count). The highest BCUT2D eigenvalue weighted by molar-refractivity contribution is 9.10. The second-order valence-corrected chi connectivity index (χ2v) is 5.57. The Hall–Kier alpha value is -1.56. The smallest absolute Gasteiger partial charge is 0.326 e. The van der Waals surface area contributed by atoms with Crippen LogP contribution in [0.5, 0.6) is 0 Å². The molecule has 0 aliphatic rings. The van der Waals surface area contributed by atoms with Crippen molar-refractivity contribution in [2.75, 3.05) is 0 Å². The van der Waals surface area contributed by atoms with E-state index < -0.39 is 18.0 Å². The minimum absolute atomic E-state index is 0.120. The largest absolute Gasteiger partial charge is 0.480 e. The van der Waals surface area contributed by atoms with E-state index >= 15 is 0 Å². The molecule has 0 aromatic heterocycles. The number of carbonyl (C=O) groups is 2. The minimum Gasteiger partial charge on any atom is -0.480 e. The summed E-state index contributed by atoms with van der Waals surface area (Å²) in [4.78, 5) is 22.8. The summed E-state index contributed by atoms with van der Waals surface area (Å²) in [5.74, 6) is -1.14. The van der Waals surface area contributed by atoms with Crippen LogP contribution in [0, 0.1) is 5.92 Å². The normalized spacial score (nSPS) is 13.3. The van der Waals surface area contributed by atoms with E-state index in [0.717, 1.165) is 10.0 Å². The van der Waals surface area contributed by atoms with Crippen LogP contribution in [-0.4, -0.2) is 23.1 Å². The first-order valence-corrected chi connectivity index (χ1v) is 7.25. The highest BCUT2D eigenvalue weighted by Gasteiger charge is 2.24. The number of urea groups is 1. The number of halogens is 1. The predicted molar refractivity (Wildman–Crippen MR) is 80.4 cm³/mol. The Kier molecular flexibility index (Phi) is 6.51. The molecule has 0 aliphatic carbocycles. The Balaban J connectivity index is 2.49. The highest BCUT2D eigenvalue weighted by atomic mass is 79.9. The molecule has 2 atom stereocenters. The third-order valence-electron chi connectivity index (χ3n) is 3.13. The molecule has 2 amide bonds. The van der Waals surface area contributed by atoms with Crippen molar-refractivity contribution in [3.05, 3.63) is 34.3 Å². The van der Waals surface area contributed by atoms with Crippen LogP contribution in [0.15, 0.2) is 28.7 Å². The lowest BCUT2D eigenvalue weighted by molar-refractivity contribution is -0.140. The van der Waals surface area contributed by atoms with Gasteiger partial charge in [0.1, 0.15) is 6.04 Å². The molecule has 0 saturated carbocycles. The summed E-state index contributed by atoms with van der Waals surface area (Å²) >= 11 is 3.33. The summed E-state index contributed by atoms with van der Waals surface area (Å²) < 4.78 is 0.966. The van der Waals surface area contributed by atoms with Gasteiger partial charge in [0.25, 0.3) is 0 Å². The average molecular weight is 343 g/mol. The monoisotopic (exact) mass is 342 g/mol. The fraction of sp³-hybridized carbons (Fsp3) is 0.429. The molecule has 0 heterocycles. The number of aliphatic carboxylic acids is 1. The number of carboxylic acids is 1. The van der Waals surface area contributed by atoms with E-state index in [1.165, 1.54) is 0 Å². The van der Waals surface area contributed by atoms with E-state index in [1.807, 2.05) is 31.2 Å². The van der Waals surface area contributed by atoms with Crippen LogP contribution in [0.1, 0.15) is 25.8 Å². The van der Waals surface area contributed by atoms with Gasteiger partial charge in [-0.1, -0.05) is 48.3 Å². The molecule has 20 heavy (non-hydrogen) atoms. The van der Waals surface area contributed by atoms with Gasteiger partial charge < -0.3 is 15.7 Å². The molecule has 0 saturated heterocycles. The van der Waals surface area contributed by atoms with Gasteiger partial charge in [0, 0.05) is 11.0 Å². The molecular weight excluding hydrogens is 324 g/mol. The number of nitrogens with one attached hydrogen (secondary N) is 2. The summed E-state index contributed by atoms with van der Waals surface area (Å²) in [5, 5.41) is 14.2. The van der Waals surface area contributed by atoms with Gasteiger partial charge in [-0.2, -0.15) is 0 Å². The van der Waals surface area contributed by atoms with Crippen molar-refractivity contribution in [1.29, 1.82) is 0 Å². The van der Waals surface area contributed by atoms with E-state index in [-0.39, 0.29) is 5.92 Å². The van der Waals surface area contributed by atoms with Crippen LogP contribution >= 0.6 is 15.9 Å². The molecule has 3 N–H and O–H groups in total. The number of rotatable bonds is 6. The molecule has 0 fully saturated rings. The summed E-state index contributed by atoms with van der Waals surface area (Å²) in [6.07, 6.45) is 0.684. The standard InChI is InChI=1S/C14H19BrN2O3/c1-3-9(2)12(13(18)19)17-14(20)16-8-10-4-6-11(15)7-5-10/h4-7,9,12H,3,8H2,1-2H3,(H,18,19)(H2,16,17,20). The lowest BCUT2D eigenvalue weighted by Gasteiger charge is -2.20. The Bertz CT molecular complexity index is 462. The average Bonchev–Trinajstić information content (AvgIpc) is 2.43. The zero-order valence-corrected chi connectivity index (χ0v) is 13.1. The van der Waals surface area contributed by atoms with Crippen molar-refractivity contribution in [3.8, 4) is 0 Å². The number of carboxylic acid groups (broad SMARTS) is 1. The van der Waals surface area contributed by atoms with Crippen molar-refractivity contribution < 1.29 is 14.7 Å². The zero-order chi connectivity index (χ0) is 15.1. The van der Waals surface area contributed by atoms with Crippen LogP contribution in [0.3, 0.4) is 0 Å². The molecule has 0 radical (unpaired) electrons. The van der Waals surface area contributed by atoms with Crippen LogP contribution in [-0.2, 0) is 11.3 Å². The second kappa shape index (κ2) is 7.89. The van der Waals surface area contributed by atoms with Crippen molar-refractivity contribution in [3.63, 3.8) is 0 Å². The highest BCUT2D eigenvalue weighted by Crippen LogP contribution is 2.10. The molecule has 0 aliphatic heterocycles. The van der Waals surface area contributed by atoms with Crippen LogP contribution in [0.4, 0.5) is 4.79 Å². The lowest BCUT2D eigenvalue weighted by atomic mass is 9.99. The summed E-state index contributed by atoms with van der Waals surface area (Å²) in [7, 11) is 0. The van der Waals surface area contributed by atoms with Crippen molar-refractivity contribution in [2.45, 2.75) is 32.9 Å². The molecular formula is C14H19BrN2O3. The third kappa shape index (κ3) is 5.21. The Morgan fingerprint density at radius 3 is 2.40 bits per heavy atom. The zero-order valence-electron chi connectivity index (χ0n) is 11.5. The van der Waals surface area contributed by atoms with Gasteiger partial charge in [0.15, 0.2) is 0 Å². The van der Waals surface area contributed by atoms with E-state index in [9.17, 15) is 9.59 Å². The summed E-state index contributed by atoms with van der Waals surface area (Å²) in [5.41, 5.74) is 0.943. The fourth-order valence-corrected chi connectivity index (χ4v) is 1.92. The van der Waals surface area contributed by atoms with Crippen LogP contribution in [0.2, 0.25) is 0 Å². The van der Waals surface area contributed by atoms with E-state index in [0.29, 0.717) is 13.0 Å². The van der Waals surface area contributed by atoms with E-state index in [2.05, 4.69) is 26.6 Å². The maximum atomic E-state index is 11.7. The molecule has 2 unspecified atom stereocenters. The SMILES string of the molecule is CCC(C)C(NC(=O)NCc1ccc(Br)cc1)C(=O)O. The van der Waals surface area contributed by atoms with Gasteiger partial charge in [0.05, 0.1) is 0 Å². The summed E-state index contributed by atoms with van der Waals surface area (Å²) in [6, 6.07) is 6.19. The van der Waals surface area contributed by atoms with Crippen molar-refractivity contribution in [2.24, 2.45) is 5.92 Å². The minimum atomic E-state index is -1.02. The summed E-state index contributed by atoms with van der Waals surface area (Å²) in [6.45, 7) is 4.04. The van der Waals surface area contributed by atoms with Gasteiger partial charge in [-0.3, -0.25) is 0 Å². The number of amides is 2. The molecule has 1 aromatic rings. The van der Waals surface area contributed by atoms with Gasteiger partial charge in [-0.05, 0) is 23.6 Å². The molecule has 0 bridgehead atoms. The van der Waals surface area contributed by atoms with Crippen molar-refractivity contribution in [1.82, 2.24) is 10.6 Å². The van der Waals surface area contributed by atoms with Gasteiger partial charge in [-0.15, -0.1) is 0 Å². The topological polar surface area (TPSA) is 78.4 Å².